The standard InChI is InChI=1S/C10H9Cl2F3N2O/c1-18-5-2-6(10(13,14)15)9(12)7(3-5)17-8(16)4-11/h2-3H,4H2,1H3,(H2,16,17). The molecule has 0 aromatic heterocycles. The van der Waals surface area contributed by atoms with Crippen LogP contribution in [0.3, 0.4) is 0 Å². The quantitative estimate of drug-likeness (QED) is 0.527. The zero-order chi connectivity index (χ0) is 13.9. The number of benzene rings is 1. The van der Waals surface area contributed by atoms with Crippen LogP contribution in [0.4, 0.5) is 18.9 Å². The highest BCUT2D eigenvalue weighted by molar-refractivity contribution is 6.34. The first-order valence-electron chi connectivity index (χ1n) is 4.63. The molecule has 0 fully saturated rings. The average Bonchev–Trinajstić information content (AvgIpc) is 2.29. The Morgan fingerprint density at radius 1 is 1.44 bits per heavy atom. The summed E-state index contributed by atoms with van der Waals surface area (Å²) in [5.41, 5.74) is 4.19. The highest BCUT2D eigenvalue weighted by Gasteiger charge is 2.35. The number of hydrogen-bond acceptors (Lipinski definition) is 2. The Hall–Kier alpha value is -1.14. The van der Waals surface area contributed by atoms with Gasteiger partial charge in [0.1, 0.15) is 11.6 Å². The van der Waals surface area contributed by atoms with E-state index in [-0.39, 0.29) is 23.2 Å². The van der Waals surface area contributed by atoms with Crippen molar-refractivity contribution >= 4 is 34.7 Å². The Morgan fingerprint density at radius 2 is 2.06 bits per heavy atom. The van der Waals surface area contributed by atoms with E-state index in [1.165, 1.54) is 13.2 Å². The monoisotopic (exact) mass is 300 g/mol. The molecule has 0 aliphatic carbocycles. The molecule has 0 bridgehead atoms. The van der Waals surface area contributed by atoms with Gasteiger partial charge in [-0.15, -0.1) is 11.6 Å². The second-order valence-electron chi connectivity index (χ2n) is 3.24. The lowest BCUT2D eigenvalue weighted by molar-refractivity contribution is -0.137. The van der Waals surface area contributed by atoms with E-state index in [2.05, 4.69) is 4.99 Å². The Bertz CT molecular complexity index is 475. The van der Waals surface area contributed by atoms with Crippen LogP contribution < -0.4 is 10.5 Å². The molecule has 1 aromatic carbocycles. The molecular formula is C10H9Cl2F3N2O. The smallest absolute Gasteiger partial charge is 0.418 e. The second-order valence-corrected chi connectivity index (χ2v) is 3.89. The van der Waals surface area contributed by atoms with Crippen molar-refractivity contribution in [1.29, 1.82) is 0 Å². The van der Waals surface area contributed by atoms with Crippen LogP contribution in [0.2, 0.25) is 5.02 Å². The Kier molecular flexibility index (Phi) is 4.70. The van der Waals surface area contributed by atoms with Crippen molar-refractivity contribution in [3.8, 4) is 5.75 Å². The van der Waals surface area contributed by atoms with Crippen molar-refractivity contribution in [1.82, 2.24) is 0 Å². The summed E-state index contributed by atoms with van der Waals surface area (Å²) in [5.74, 6) is -0.178. The maximum Gasteiger partial charge on any atom is 0.418 e. The van der Waals surface area contributed by atoms with Crippen molar-refractivity contribution in [2.24, 2.45) is 10.7 Å². The zero-order valence-corrected chi connectivity index (χ0v) is 10.7. The molecular weight excluding hydrogens is 292 g/mol. The summed E-state index contributed by atoms with van der Waals surface area (Å²) in [4.78, 5) is 3.71. The van der Waals surface area contributed by atoms with Gasteiger partial charge in [0.2, 0.25) is 0 Å². The van der Waals surface area contributed by atoms with Crippen molar-refractivity contribution in [2.75, 3.05) is 13.0 Å². The molecule has 0 spiro atoms. The largest absolute Gasteiger partial charge is 0.497 e. The number of aliphatic imine (C=N–C) groups is 1. The van der Waals surface area contributed by atoms with Crippen LogP contribution in [0.15, 0.2) is 17.1 Å². The predicted octanol–water partition coefficient (Wildman–Crippen LogP) is 3.59. The lowest BCUT2D eigenvalue weighted by Gasteiger charge is -2.12. The Balaban J connectivity index is 3.44. The number of alkyl halides is 4. The fraction of sp³-hybridized carbons (Fsp3) is 0.300. The van der Waals surface area contributed by atoms with E-state index in [4.69, 9.17) is 33.7 Å². The van der Waals surface area contributed by atoms with Crippen LogP contribution in [0.25, 0.3) is 0 Å². The number of nitrogens with zero attached hydrogens (tertiary/aromatic N) is 1. The summed E-state index contributed by atoms with van der Waals surface area (Å²) in [6, 6.07) is 2.04. The molecule has 0 radical (unpaired) electrons. The predicted molar refractivity (Wildman–Crippen MR) is 65.0 cm³/mol. The summed E-state index contributed by atoms with van der Waals surface area (Å²) in [7, 11) is 1.24. The fourth-order valence-corrected chi connectivity index (χ4v) is 1.49. The van der Waals surface area contributed by atoms with E-state index < -0.39 is 16.8 Å². The van der Waals surface area contributed by atoms with E-state index in [1.807, 2.05) is 0 Å². The molecule has 3 nitrogen and oxygen atoms in total. The average molecular weight is 301 g/mol. The number of halogens is 5. The molecule has 0 atom stereocenters. The molecule has 8 heteroatoms. The molecule has 0 heterocycles. The van der Waals surface area contributed by atoms with Gasteiger partial charge in [0.25, 0.3) is 0 Å². The van der Waals surface area contributed by atoms with Gasteiger partial charge in [-0.1, -0.05) is 11.6 Å². The molecule has 2 N–H and O–H groups in total. The molecule has 1 aromatic rings. The van der Waals surface area contributed by atoms with E-state index in [0.717, 1.165) is 6.07 Å². The minimum Gasteiger partial charge on any atom is -0.497 e. The van der Waals surface area contributed by atoms with Crippen LogP contribution in [-0.2, 0) is 6.18 Å². The van der Waals surface area contributed by atoms with Gasteiger partial charge < -0.3 is 10.5 Å². The molecule has 18 heavy (non-hydrogen) atoms. The molecule has 100 valence electrons. The van der Waals surface area contributed by atoms with Crippen molar-refractivity contribution in [3.63, 3.8) is 0 Å². The number of rotatable bonds is 3. The van der Waals surface area contributed by atoms with Gasteiger partial charge in [-0.25, -0.2) is 4.99 Å². The molecule has 0 saturated heterocycles. The molecule has 0 amide bonds. The third-order valence-electron chi connectivity index (χ3n) is 1.97. The number of nitrogens with two attached hydrogens (primary N) is 1. The van der Waals surface area contributed by atoms with Gasteiger partial charge in [0, 0.05) is 6.07 Å². The lowest BCUT2D eigenvalue weighted by atomic mass is 10.1. The third kappa shape index (κ3) is 3.43. The van der Waals surface area contributed by atoms with Gasteiger partial charge in [-0.05, 0) is 6.07 Å². The van der Waals surface area contributed by atoms with Gasteiger partial charge in [-0.3, -0.25) is 0 Å². The topological polar surface area (TPSA) is 47.6 Å². The third-order valence-corrected chi connectivity index (χ3v) is 2.64. The normalized spacial score (nSPS) is 12.7. The minimum atomic E-state index is -4.61. The van der Waals surface area contributed by atoms with Crippen LogP contribution >= 0.6 is 23.2 Å². The zero-order valence-electron chi connectivity index (χ0n) is 9.18. The van der Waals surface area contributed by atoms with Gasteiger partial charge in [0.15, 0.2) is 0 Å². The van der Waals surface area contributed by atoms with E-state index in [1.54, 1.807) is 0 Å². The van der Waals surface area contributed by atoms with Crippen LogP contribution in [0.1, 0.15) is 5.56 Å². The van der Waals surface area contributed by atoms with Crippen LogP contribution in [-0.4, -0.2) is 18.8 Å². The van der Waals surface area contributed by atoms with Gasteiger partial charge in [-0.2, -0.15) is 13.2 Å². The number of amidine groups is 1. The highest BCUT2D eigenvalue weighted by atomic mass is 35.5. The van der Waals surface area contributed by atoms with Crippen molar-refractivity contribution in [2.45, 2.75) is 6.18 Å². The van der Waals surface area contributed by atoms with E-state index in [0.29, 0.717) is 0 Å². The SMILES string of the molecule is COc1cc(N=C(N)CCl)c(Cl)c(C(F)(F)F)c1. The first kappa shape index (κ1) is 14.9. The Labute approximate surface area is 111 Å². The summed E-state index contributed by atoms with van der Waals surface area (Å²) in [6.45, 7) is 0. The Morgan fingerprint density at radius 3 is 2.50 bits per heavy atom. The summed E-state index contributed by atoms with van der Waals surface area (Å²) < 4.78 is 42.9. The summed E-state index contributed by atoms with van der Waals surface area (Å²) in [5, 5.41) is -0.545. The van der Waals surface area contributed by atoms with E-state index >= 15 is 0 Å². The molecule has 0 aliphatic heterocycles. The fourth-order valence-electron chi connectivity index (χ4n) is 1.17. The first-order valence-corrected chi connectivity index (χ1v) is 5.54. The van der Waals surface area contributed by atoms with Gasteiger partial charge >= 0.3 is 6.18 Å². The van der Waals surface area contributed by atoms with Crippen molar-refractivity contribution in [3.05, 3.63) is 22.7 Å². The minimum absolute atomic E-state index is 0.0205. The van der Waals surface area contributed by atoms with Crippen LogP contribution in [0, 0.1) is 0 Å². The first-order chi connectivity index (χ1) is 8.29. The van der Waals surface area contributed by atoms with Gasteiger partial charge in [0.05, 0.1) is 29.3 Å². The molecule has 0 unspecified atom stereocenters. The molecule has 1 rings (SSSR count). The molecule has 0 saturated carbocycles. The van der Waals surface area contributed by atoms with Crippen molar-refractivity contribution < 1.29 is 17.9 Å². The number of methoxy groups -OCH3 is 1. The maximum atomic E-state index is 12.7. The lowest BCUT2D eigenvalue weighted by Crippen LogP contribution is -2.12. The summed E-state index contributed by atoms with van der Waals surface area (Å²) >= 11 is 11.0. The van der Waals surface area contributed by atoms with E-state index in [9.17, 15) is 13.2 Å². The molecule has 0 aliphatic rings. The number of hydrogen-bond donors (Lipinski definition) is 1. The second kappa shape index (κ2) is 5.67. The maximum absolute atomic E-state index is 12.7. The van der Waals surface area contributed by atoms with Crippen LogP contribution in [0.5, 0.6) is 5.75 Å². The summed E-state index contributed by atoms with van der Waals surface area (Å²) in [6.07, 6.45) is -4.61. The highest BCUT2D eigenvalue weighted by Crippen LogP contribution is 2.42. The number of ether oxygens (including phenoxy) is 1.